The van der Waals surface area contributed by atoms with Gasteiger partial charge in [-0.1, -0.05) is 25.1 Å². The van der Waals surface area contributed by atoms with Gasteiger partial charge in [-0.3, -0.25) is 14.4 Å². The number of piperidine rings is 1. The Morgan fingerprint density at radius 1 is 1.24 bits per heavy atom. The number of amides is 2. The quantitative estimate of drug-likeness (QED) is 0.723. The molecule has 8 nitrogen and oxygen atoms in total. The minimum Gasteiger partial charge on any atom is -0.497 e. The molecule has 33 heavy (non-hydrogen) atoms. The van der Waals surface area contributed by atoms with Crippen LogP contribution in [0, 0.1) is 17.8 Å². The van der Waals surface area contributed by atoms with Gasteiger partial charge >= 0.3 is 0 Å². The molecule has 0 aliphatic carbocycles. The van der Waals surface area contributed by atoms with Gasteiger partial charge in [-0.2, -0.15) is 0 Å². The van der Waals surface area contributed by atoms with Crippen LogP contribution in [0.1, 0.15) is 25.1 Å². The zero-order valence-corrected chi connectivity index (χ0v) is 18.3. The predicted octanol–water partition coefficient (Wildman–Crippen LogP) is 2.73. The summed E-state index contributed by atoms with van der Waals surface area (Å²) >= 11 is 0. The maximum Gasteiger partial charge on any atom is 0.231 e. The van der Waals surface area contributed by atoms with E-state index in [9.17, 15) is 14.4 Å². The first-order valence-corrected chi connectivity index (χ1v) is 11.1. The first-order valence-electron chi connectivity index (χ1n) is 11.1. The molecule has 1 N–H and O–H groups in total. The van der Waals surface area contributed by atoms with E-state index in [4.69, 9.17) is 13.9 Å². The second kappa shape index (κ2) is 7.05. The van der Waals surface area contributed by atoms with E-state index in [1.807, 2.05) is 19.1 Å². The molecule has 0 saturated carbocycles. The molecular weight excluding hydrogens is 424 g/mol. The highest BCUT2D eigenvalue weighted by atomic mass is 16.5. The summed E-state index contributed by atoms with van der Waals surface area (Å²) in [4.78, 5) is 42.0. The summed E-state index contributed by atoms with van der Waals surface area (Å²) in [6.45, 7) is 1.84. The van der Waals surface area contributed by atoms with Crippen LogP contribution in [-0.2, 0) is 19.1 Å². The lowest BCUT2D eigenvalue weighted by atomic mass is 9.70. The van der Waals surface area contributed by atoms with Crippen molar-refractivity contribution in [3.05, 3.63) is 60.6 Å². The molecule has 2 bridgehead atoms. The molecule has 4 aliphatic heterocycles. The first kappa shape index (κ1) is 20.2. The number of ketones is 1. The molecule has 5 heterocycles. The Bertz CT molecular complexity index is 1170. The molecule has 170 valence electrons. The van der Waals surface area contributed by atoms with E-state index in [0.717, 1.165) is 0 Å². The third-order valence-corrected chi connectivity index (χ3v) is 7.59. The predicted molar refractivity (Wildman–Crippen MR) is 116 cm³/mol. The van der Waals surface area contributed by atoms with Gasteiger partial charge in [-0.15, -0.1) is 0 Å². The van der Waals surface area contributed by atoms with Crippen molar-refractivity contribution in [1.82, 2.24) is 4.90 Å². The lowest BCUT2D eigenvalue weighted by molar-refractivity contribution is -0.147. The summed E-state index contributed by atoms with van der Waals surface area (Å²) in [5, 5.41) is 2.92. The van der Waals surface area contributed by atoms with Crippen LogP contribution in [0.15, 0.2) is 59.2 Å². The Morgan fingerprint density at radius 2 is 2.09 bits per heavy atom. The SMILES string of the molecule is COc1cccc(NC(=O)[C@H]2[C@H]3C(=O)N4[C@@H](c5ccco5)CC(=O)[C@@H](C)[C@H]4[C@]34C=C[C@H]2O4)c1. The van der Waals surface area contributed by atoms with Gasteiger partial charge in [0, 0.05) is 24.1 Å². The van der Waals surface area contributed by atoms with Crippen LogP contribution in [-0.4, -0.2) is 47.4 Å². The van der Waals surface area contributed by atoms with Gasteiger partial charge in [-0.05, 0) is 24.3 Å². The van der Waals surface area contributed by atoms with Crippen LogP contribution in [0.25, 0.3) is 0 Å². The Labute approximate surface area is 190 Å². The van der Waals surface area contributed by atoms with Gasteiger partial charge in [0.05, 0.1) is 43.4 Å². The van der Waals surface area contributed by atoms with Crippen molar-refractivity contribution in [3.63, 3.8) is 0 Å². The van der Waals surface area contributed by atoms with Gasteiger partial charge in [0.25, 0.3) is 0 Å². The summed E-state index contributed by atoms with van der Waals surface area (Å²) in [5.41, 5.74) is -0.418. The summed E-state index contributed by atoms with van der Waals surface area (Å²) in [7, 11) is 1.56. The number of fused-ring (bicyclic) bond motifs is 2. The van der Waals surface area contributed by atoms with Crippen LogP contribution in [0.4, 0.5) is 5.69 Å². The number of nitrogens with one attached hydrogen (secondary N) is 1. The molecule has 0 unspecified atom stereocenters. The number of nitrogens with zero attached hydrogens (tertiary/aromatic N) is 1. The molecule has 8 heteroatoms. The number of anilines is 1. The van der Waals surface area contributed by atoms with Crippen LogP contribution in [0.2, 0.25) is 0 Å². The number of benzene rings is 1. The Balaban J connectivity index is 1.37. The molecule has 3 fully saturated rings. The highest BCUT2D eigenvalue weighted by molar-refractivity contribution is 6.00. The van der Waals surface area contributed by atoms with E-state index in [-0.39, 0.29) is 24.0 Å². The summed E-state index contributed by atoms with van der Waals surface area (Å²) in [5.74, 6) is -1.01. The lowest BCUT2D eigenvalue weighted by Crippen LogP contribution is -2.55. The topological polar surface area (TPSA) is 98.1 Å². The summed E-state index contributed by atoms with van der Waals surface area (Å²) in [6.07, 6.45) is 4.97. The number of Topliss-reactive ketones (excluding diaryl/α,β-unsaturated/α-hetero) is 1. The number of methoxy groups -OCH3 is 1. The highest BCUT2D eigenvalue weighted by Crippen LogP contribution is 2.60. The number of carbonyl (C=O) groups excluding carboxylic acids is 3. The van der Waals surface area contributed by atoms with Gasteiger partial charge in [0.15, 0.2) is 0 Å². The summed E-state index contributed by atoms with van der Waals surface area (Å²) < 4.78 is 17.2. The third-order valence-electron chi connectivity index (χ3n) is 7.59. The minimum absolute atomic E-state index is 0.0604. The van der Waals surface area contributed by atoms with E-state index in [1.54, 1.807) is 54.7 Å². The van der Waals surface area contributed by atoms with Gasteiger partial charge in [0.1, 0.15) is 22.9 Å². The molecule has 6 rings (SSSR count). The van der Waals surface area contributed by atoms with E-state index in [2.05, 4.69) is 5.32 Å². The van der Waals surface area contributed by atoms with Crippen molar-refractivity contribution in [3.8, 4) is 5.75 Å². The van der Waals surface area contributed by atoms with E-state index in [1.165, 1.54) is 0 Å². The number of hydrogen-bond acceptors (Lipinski definition) is 6. The van der Waals surface area contributed by atoms with E-state index in [0.29, 0.717) is 17.2 Å². The Morgan fingerprint density at radius 3 is 2.85 bits per heavy atom. The lowest BCUT2D eigenvalue weighted by Gasteiger charge is -2.43. The van der Waals surface area contributed by atoms with Crippen molar-refractivity contribution in [2.75, 3.05) is 12.4 Å². The molecule has 4 aliphatic rings. The number of rotatable bonds is 4. The average molecular weight is 448 g/mol. The standard InChI is InChI=1S/C25H24N2O6/c1-13-17(28)12-16(18-7-4-10-32-18)27-22(13)25-9-8-19(33-25)20(21(25)24(27)30)23(29)26-14-5-3-6-15(11-14)31-2/h3-11,13,16,19-22H,12H2,1-2H3,(H,26,29)/t13-,16-,19-,20-,21+,22+,25+/m1/s1. The molecular formula is C25H24N2O6. The molecule has 0 radical (unpaired) electrons. The van der Waals surface area contributed by atoms with E-state index < -0.39 is 41.5 Å². The smallest absolute Gasteiger partial charge is 0.231 e. The van der Waals surface area contributed by atoms with Crippen molar-refractivity contribution in [2.45, 2.75) is 37.1 Å². The molecule has 2 aromatic rings. The fraction of sp³-hybridized carbons (Fsp3) is 0.400. The Hall–Kier alpha value is -3.39. The van der Waals surface area contributed by atoms with Crippen molar-refractivity contribution in [1.29, 1.82) is 0 Å². The minimum atomic E-state index is -1.00. The van der Waals surface area contributed by atoms with Crippen molar-refractivity contribution >= 4 is 23.3 Å². The molecule has 3 saturated heterocycles. The first-order chi connectivity index (χ1) is 15.9. The van der Waals surface area contributed by atoms with E-state index >= 15 is 0 Å². The van der Waals surface area contributed by atoms with Crippen LogP contribution >= 0.6 is 0 Å². The number of ether oxygens (including phenoxy) is 2. The molecule has 1 aromatic carbocycles. The molecule has 1 spiro atoms. The van der Waals surface area contributed by atoms with Crippen molar-refractivity contribution < 1.29 is 28.3 Å². The monoisotopic (exact) mass is 448 g/mol. The normalized spacial score (nSPS) is 36.1. The Kier molecular flexibility index (Phi) is 4.32. The molecule has 1 aromatic heterocycles. The van der Waals surface area contributed by atoms with Crippen molar-refractivity contribution in [2.24, 2.45) is 17.8 Å². The van der Waals surface area contributed by atoms with Gasteiger partial charge in [-0.25, -0.2) is 0 Å². The molecule has 7 atom stereocenters. The number of hydrogen-bond donors (Lipinski definition) is 1. The van der Waals surface area contributed by atoms with Crippen LogP contribution < -0.4 is 10.1 Å². The third kappa shape index (κ3) is 2.70. The van der Waals surface area contributed by atoms with Gasteiger partial charge in [0.2, 0.25) is 11.8 Å². The zero-order chi connectivity index (χ0) is 22.9. The largest absolute Gasteiger partial charge is 0.497 e. The zero-order valence-electron chi connectivity index (χ0n) is 18.3. The fourth-order valence-electron chi connectivity index (χ4n) is 6.19. The van der Waals surface area contributed by atoms with Gasteiger partial charge < -0.3 is 24.1 Å². The second-order valence-electron chi connectivity index (χ2n) is 9.20. The second-order valence-corrected chi connectivity index (χ2v) is 9.20. The summed E-state index contributed by atoms with van der Waals surface area (Å²) in [6, 6.07) is 9.62. The number of carbonyl (C=O) groups is 3. The maximum atomic E-state index is 13.9. The highest BCUT2D eigenvalue weighted by Gasteiger charge is 2.74. The maximum absolute atomic E-state index is 13.9. The van der Waals surface area contributed by atoms with Crippen LogP contribution in [0.3, 0.4) is 0 Å². The number of furan rings is 1. The fourth-order valence-corrected chi connectivity index (χ4v) is 6.19. The van der Waals surface area contributed by atoms with Crippen LogP contribution in [0.5, 0.6) is 5.75 Å². The molecule has 2 amide bonds. The average Bonchev–Trinajstić information content (AvgIpc) is 3.58.